The average molecular weight is 315 g/mol. The van der Waals surface area contributed by atoms with Gasteiger partial charge in [-0.05, 0) is 28.5 Å². The average Bonchev–Trinajstić information content (AvgIpc) is 3.23. The van der Waals surface area contributed by atoms with E-state index < -0.39 is 0 Å². The molecule has 2 heterocycles. The second-order valence-corrected chi connectivity index (χ2v) is 6.73. The molecule has 0 radical (unpaired) electrons. The van der Waals surface area contributed by atoms with Crippen LogP contribution in [0.25, 0.3) is 0 Å². The first-order valence-electron chi connectivity index (χ1n) is 6.87. The van der Waals surface area contributed by atoms with Crippen molar-refractivity contribution in [3.63, 3.8) is 0 Å². The molecule has 0 fully saturated rings. The Morgan fingerprint density at radius 1 is 0.857 bits per heavy atom. The minimum Gasteiger partial charge on any atom is -0.394 e. The van der Waals surface area contributed by atoms with Crippen molar-refractivity contribution in [2.45, 2.75) is 12.1 Å². The van der Waals surface area contributed by atoms with Crippen molar-refractivity contribution in [1.82, 2.24) is 5.32 Å². The molecule has 3 rings (SSSR count). The molecule has 0 saturated carbocycles. The first kappa shape index (κ1) is 14.5. The Hall–Kier alpha value is -1.46. The van der Waals surface area contributed by atoms with Gasteiger partial charge in [-0.15, -0.1) is 22.7 Å². The van der Waals surface area contributed by atoms with Gasteiger partial charge in [0.2, 0.25) is 0 Å². The van der Waals surface area contributed by atoms with Crippen molar-refractivity contribution in [1.29, 1.82) is 0 Å². The third-order valence-electron chi connectivity index (χ3n) is 3.41. The topological polar surface area (TPSA) is 32.3 Å². The highest BCUT2D eigenvalue weighted by Gasteiger charge is 2.21. The van der Waals surface area contributed by atoms with Crippen molar-refractivity contribution in [3.8, 4) is 0 Å². The van der Waals surface area contributed by atoms with Gasteiger partial charge in [-0.25, -0.2) is 0 Å². The molecular formula is C17H17NOS2. The highest BCUT2D eigenvalue weighted by Crippen LogP contribution is 2.31. The van der Waals surface area contributed by atoms with E-state index >= 15 is 0 Å². The maximum absolute atomic E-state index is 9.77. The maximum atomic E-state index is 9.77. The predicted octanol–water partition coefficient (Wildman–Crippen LogP) is 4.22. The minimum absolute atomic E-state index is 0.0691. The molecule has 1 atom stereocenters. The zero-order chi connectivity index (χ0) is 14.5. The van der Waals surface area contributed by atoms with Gasteiger partial charge in [0, 0.05) is 9.75 Å². The fourth-order valence-corrected chi connectivity index (χ4v) is 4.04. The minimum atomic E-state index is -0.0691. The molecule has 108 valence electrons. The smallest absolute Gasteiger partial charge is 0.0770 e. The summed E-state index contributed by atoms with van der Waals surface area (Å²) in [5.74, 6) is 0. The van der Waals surface area contributed by atoms with Crippen molar-refractivity contribution in [2.24, 2.45) is 0 Å². The fraction of sp³-hybridized carbons (Fsp3) is 0.176. The van der Waals surface area contributed by atoms with Crippen LogP contribution in [0.3, 0.4) is 0 Å². The molecule has 4 heteroatoms. The zero-order valence-electron chi connectivity index (χ0n) is 11.5. The molecule has 0 unspecified atom stereocenters. The quantitative estimate of drug-likeness (QED) is 0.714. The van der Waals surface area contributed by atoms with Gasteiger partial charge >= 0.3 is 0 Å². The fourth-order valence-electron chi connectivity index (χ4n) is 2.36. The lowest BCUT2D eigenvalue weighted by Crippen LogP contribution is -2.28. The van der Waals surface area contributed by atoms with Crippen LogP contribution in [-0.2, 0) is 0 Å². The molecule has 21 heavy (non-hydrogen) atoms. The Labute approximate surface area is 132 Å². The second-order valence-electron chi connectivity index (χ2n) is 4.78. The molecule has 0 bridgehead atoms. The van der Waals surface area contributed by atoms with Crippen molar-refractivity contribution >= 4 is 22.7 Å². The zero-order valence-corrected chi connectivity index (χ0v) is 13.1. The Kier molecular flexibility index (Phi) is 4.83. The van der Waals surface area contributed by atoms with E-state index in [1.807, 2.05) is 30.3 Å². The van der Waals surface area contributed by atoms with Crippen LogP contribution in [-0.4, -0.2) is 11.7 Å². The molecule has 0 saturated heterocycles. The van der Waals surface area contributed by atoms with Crippen molar-refractivity contribution < 1.29 is 5.11 Å². The van der Waals surface area contributed by atoms with E-state index in [1.165, 1.54) is 9.75 Å². The van der Waals surface area contributed by atoms with Gasteiger partial charge in [-0.3, -0.25) is 5.32 Å². The maximum Gasteiger partial charge on any atom is 0.0770 e. The predicted molar refractivity (Wildman–Crippen MR) is 89.9 cm³/mol. The Bertz CT molecular complexity index is 601. The number of rotatable bonds is 6. The van der Waals surface area contributed by atoms with Crippen molar-refractivity contribution in [3.05, 3.63) is 80.7 Å². The summed E-state index contributed by atoms with van der Waals surface area (Å²) >= 11 is 3.48. The third kappa shape index (κ3) is 3.41. The molecule has 2 aromatic heterocycles. The SMILES string of the molecule is OC[C@H](NC(c1cccs1)c1cccs1)c1ccccc1. The molecule has 1 aromatic carbocycles. The number of benzene rings is 1. The summed E-state index contributed by atoms with van der Waals surface area (Å²) in [5, 5.41) is 17.5. The number of thiophene rings is 2. The first-order chi connectivity index (χ1) is 10.4. The normalized spacial score (nSPS) is 12.7. The van der Waals surface area contributed by atoms with Crippen LogP contribution < -0.4 is 5.32 Å². The van der Waals surface area contributed by atoms with E-state index in [2.05, 4.69) is 40.3 Å². The summed E-state index contributed by atoms with van der Waals surface area (Å²) in [6, 6.07) is 18.6. The van der Waals surface area contributed by atoms with E-state index in [9.17, 15) is 5.11 Å². The monoisotopic (exact) mass is 315 g/mol. The van der Waals surface area contributed by atoms with Crippen LogP contribution in [0.15, 0.2) is 65.4 Å². The van der Waals surface area contributed by atoms with Gasteiger partial charge < -0.3 is 5.11 Å². The lowest BCUT2D eigenvalue weighted by atomic mass is 10.1. The third-order valence-corrected chi connectivity index (χ3v) is 5.28. The van der Waals surface area contributed by atoms with Crippen LogP contribution in [0.2, 0.25) is 0 Å². The van der Waals surface area contributed by atoms with E-state index in [1.54, 1.807) is 22.7 Å². The van der Waals surface area contributed by atoms with Gasteiger partial charge in [0.15, 0.2) is 0 Å². The van der Waals surface area contributed by atoms with Crippen LogP contribution >= 0.6 is 22.7 Å². The van der Waals surface area contributed by atoms with Gasteiger partial charge in [0.25, 0.3) is 0 Å². The van der Waals surface area contributed by atoms with Gasteiger partial charge in [-0.1, -0.05) is 42.5 Å². The molecule has 3 aromatic rings. The van der Waals surface area contributed by atoms with E-state index in [-0.39, 0.29) is 18.7 Å². The second kappa shape index (κ2) is 7.00. The number of aliphatic hydroxyl groups is 1. The Morgan fingerprint density at radius 2 is 1.48 bits per heavy atom. The Balaban J connectivity index is 1.87. The van der Waals surface area contributed by atoms with Crippen LogP contribution in [0, 0.1) is 0 Å². The molecule has 0 amide bonds. The highest BCUT2D eigenvalue weighted by atomic mass is 32.1. The lowest BCUT2D eigenvalue weighted by Gasteiger charge is -2.23. The largest absolute Gasteiger partial charge is 0.394 e. The van der Waals surface area contributed by atoms with Gasteiger partial charge in [0.1, 0.15) is 0 Å². The standard InChI is InChI=1S/C17H17NOS2/c19-12-14(13-6-2-1-3-7-13)18-17(15-8-4-10-20-15)16-9-5-11-21-16/h1-11,14,17-19H,12H2/t14-/m0/s1. The van der Waals surface area contributed by atoms with Gasteiger partial charge in [-0.2, -0.15) is 0 Å². The van der Waals surface area contributed by atoms with E-state index in [0.717, 1.165) is 5.56 Å². The van der Waals surface area contributed by atoms with Crippen LogP contribution in [0.5, 0.6) is 0 Å². The number of hydrogen-bond acceptors (Lipinski definition) is 4. The van der Waals surface area contributed by atoms with Gasteiger partial charge in [0.05, 0.1) is 18.7 Å². The first-order valence-corrected chi connectivity index (χ1v) is 8.63. The Morgan fingerprint density at radius 3 is 1.95 bits per heavy atom. The summed E-state index contributed by atoms with van der Waals surface area (Å²) in [5.41, 5.74) is 1.11. The van der Waals surface area contributed by atoms with E-state index in [4.69, 9.17) is 0 Å². The molecule has 2 nitrogen and oxygen atoms in total. The van der Waals surface area contributed by atoms with Crippen LogP contribution in [0.1, 0.15) is 27.4 Å². The van der Waals surface area contributed by atoms with Crippen LogP contribution in [0.4, 0.5) is 0 Å². The summed E-state index contributed by atoms with van der Waals surface area (Å²) < 4.78 is 0. The molecule has 2 N–H and O–H groups in total. The van der Waals surface area contributed by atoms with E-state index in [0.29, 0.717) is 0 Å². The van der Waals surface area contributed by atoms with Crippen molar-refractivity contribution in [2.75, 3.05) is 6.61 Å². The number of aliphatic hydroxyl groups excluding tert-OH is 1. The summed E-state index contributed by atoms with van der Waals surface area (Å²) in [6.45, 7) is 0.0806. The summed E-state index contributed by atoms with van der Waals surface area (Å²) in [7, 11) is 0. The lowest BCUT2D eigenvalue weighted by molar-refractivity contribution is 0.239. The molecule has 0 aliphatic carbocycles. The number of nitrogens with one attached hydrogen (secondary N) is 1. The molecule has 0 spiro atoms. The molecule has 0 aliphatic rings. The number of hydrogen-bond donors (Lipinski definition) is 2. The summed E-state index contributed by atoms with van der Waals surface area (Å²) in [4.78, 5) is 2.54. The highest BCUT2D eigenvalue weighted by molar-refractivity contribution is 7.11. The molecular weight excluding hydrogens is 298 g/mol. The summed E-state index contributed by atoms with van der Waals surface area (Å²) in [6.07, 6.45) is 0. The molecule has 0 aliphatic heterocycles.